The number of unbranched alkanes of at least 4 members (excludes halogenated alkanes) is 1. The first kappa shape index (κ1) is 18.5. The Labute approximate surface area is 92.5 Å². The molecule has 1 aromatic heterocycles. The highest BCUT2D eigenvalue weighted by molar-refractivity contribution is 5.85. The van der Waals surface area contributed by atoms with Crippen molar-refractivity contribution in [2.24, 2.45) is 7.05 Å². The minimum absolute atomic E-state index is 0. The van der Waals surface area contributed by atoms with Crippen molar-refractivity contribution < 1.29 is 17.0 Å². The summed E-state index contributed by atoms with van der Waals surface area (Å²) in [6, 6.07) is 0. The summed E-state index contributed by atoms with van der Waals surface area (Å²) in [6.45, 7) is 3.36. The zero-order chi connectivity index (χ0) is 7.40. The second-order valence-electron chi connectivity index (χ2n) is 2.67. The van der Waals surface area contributed by atoms with Gasteiger partial charge in [0.25, 0.3) is 0 Å². The van der Waals surface area contributed by atoms with Gasteiger partial charge in [-0.15, -0.1) is 12.4 Å². The molecule has 1 heterocycles. The summed E-state index contributed by atoms with van der Waals surface area (Å²) in [7, 11) is 2.04. The fraction of sp³-hybridized carbons (Fsp3) is 0.625. The Hall–Kier alpha value is -0.250. The molecule has 80 valence electrons. The Kier molecular flexibility index (Phi) is 14.0. The van der Waals surface area contributed by atoms with Crippen LogP contribution in [-0.2, 0) is 13.6 Å². The molecule has 0 aliphatic rings. The van der Waals surface area contributed by atoms with Crippen molar-refractivity contribution in [2.45, 2.75) is 26.3 Å². The van der Waals surface area contributed by atoms with Crippen LogP contribution in [0.1, 0.15) is 19.8 Å². The largest absolute Gasteiger partial charge is 1.00 e. The molecule has 3 N–H and O–H groups in total. The average Bonchev–Trinajstić information content (AvgIpc) is 2.31. The van der Waals surface area contributed by atoms with E-state index < -0.39 is 0 Å². The minimum atomic E-state index is 0. The van der Waals surface area contributed by atoms with Gasteiger partial charge in [0.15, 0.2) is 0 Å². The maximum Gasteiger partial charge on any atom is 0.243 e. The fourth-order valence-electron chi connectivity index (χ4n) is 0.975. The molecule has 0 amide bonds. The molecule has 1 aromatic rings. The van der Waals surface area contributed by atoms with Crippen molar-refractivity contribution in [1.29, 1.82) is 0 Å². The molecule has 0 saturated carbocycles. The van der Waals surface area contributed by atoms with Gasteiger partial charge in [-0.3, -0.25) is 0 Å². The maximum absolute atomic E-state index is 2.21. The molecule has 1 rings (SSSR count). The lowest BCUT2D eigenvalue weighted by Crippen LogP contribution is -3.00. The van der Waals surface area contributed by atoms with Gasteiger partial charge in [-0.05, 0) is 6.42 Å². The predicted molar refractivity (Wildman–Crippen MR) is 52.8 cm³/mol. The lowest BCUT2D eigenvalue weighted by Gasteiger charge is -1.90. The van der Waals surface area contributed by atoms with Crippen LogP contribution in [0, 0.1) is 0 Å². The Morgan fingerprint density at radius 2 is 2.00 bits per heavy atom. The Balaban J connectivity index is -0.000000333. The molecule has 0 spiro atoms. The van der Waals surface area contributed by atoms with Gasteiger partial charge in [-0.1, -0.05) is 13.3 Å². The fourth-order valence-corrected chi connectivity index (χ4v) is 0.975. The standard InChI is InChI=1S/C8H15N2.2ClH.H3N/c1-3-4-5-10-7-6-9(2)8-10;;;/h6-8H,3-5H2,1-2H3;2*1H;1H3/q+1;;;/p-1. The van der Waals surface area contributed by atoms with E-state index in [1.165, 1.54) is 12.8 Å². The molecular formula is C8H19Cl2N3. The maximum atomic E-state index is 2.21. The van der Waals surface area contributed by atoms with Crippen LogP contribution in [0.5, 0.6) is 0 Å². The van der Waals surface area contributed by atoms with Crippen LogP contribution in [0.15, 0.2) is 18.7 Å². The average molecular weight is 228 g/mol. The van der Waals surface area contributed by atoms with E-state index in [0.29, 0.717) is 0 Å². The molecule has 5 heteroatoms. The summed E-state index contributed by atoms with van der Waals surface area (Å²) in [4.78, 5) is 0. The van der Waals surface area contributed by atoms with Crippen LogP contribution >= 0.6 is 12.4 Å². The zero-order valence-electron chi connectivity index (χ0n) is 8.24. The highest BCUT2D eigenvalue weighted by Gasteiger charge is 1.96. The Morgan fingerprint density at radius 1 is 1.38 bits per heavy atom. The molecule has 0 aliphatic carbocycles. The number of hydrogen-bond donors (Lipinski definition) is 1. The van der Waals surface area contributed by atoms with Crippen LogP contribution in [0.4, 0.5) is 0 Å². The van der Waals surface area contributed by atoms with E-state index in [9.17, 15) is 0 Å². The second kappa shape index (κ2) is 9.84. The summed E-state index contributed by atoms with van der Waals surface area (Å²) in [6.07, 6.45) is 8.82. The number of imidazole rings is 1. The first-order valence-corrected chi connectivity index (χ1v) is 3.84. The van der Waals surface area contributed by atoms with E-state index in [2.05, 4.69) is 34.8 Å². The van der Waals surface area contributed by atoms with Crippen molar-refractivity contribution >= 4 is 12.4 Å². The quantitative estimate of drug-likeness (QED) is 0.642. The first-order valence-electron chi connectivity index (χ1n) is 3.84. The molecular weight excluding hydrogens is 209 g/mol. The third-order valence-electron chi connectivity index (χ3n) is 1.59. The molecule has 0 fully saturated rings. The van der Waals surface area contributed by atoms with Gasteiger partial charge in [0.2, 0.25) is 6.33 Å². The summed E-state index contributed by atoms with van der Waals surface area (Å²) >= 11 is 0. The third kappa shape index (κ3) is 6.87. The first-order chi connectivity index (χ1) is 4.83. The van der Waals surface area contributed by atoms with Gasteiger partial charge >= 0.3 is 0 Å². The lowest BCUT2D eigenvalue weighted by atomic mass is 10.3. The number of hydrogen-bond acceptors (Lipinski definition) is 1. The van der Waals surface area contributed by atoms with Crippen molar-refractivity contribution in [2.75, 3.05) is 0 Å². The number of nitrogens with zero attached hydrogens (tertiary/aromatic N) is 2. The second-order valence-corrected chi connectivity index (χ2v) is 2.67. The summed E-state index contributed by atoms with van der Waals surface area (Å²) < 4.78 is 4.28. The van der Waals surface area contributed by atoms with E-state index in [-0.39, 0.29) is 31.0 Å². The number of aromatic nitrogens is 2. The molecule has 13 heavy (non-hydrogen) atoms. The van der Waals surface area contributed by atoms with Gasteiger partial charge in [0.1, 0.15) is 12.4 Å². The summed E-state index contributed by atoms with van der Waals surface area (Å²) in [5.74, 6) is 0. The van der Waals surface area contributed by atoms with Crippen LogP contribution in [0.3, 0.4) is 0 Å². The summed E-state index contributed by atoms with van der Waals surface area (Å²) in [5.41, 5.74) is 0. The molecule has 0 unspecified atom stereocenters. The topological polar surface area (TPSA) is 43.8 Å². The van der Waals surface area contributed by atoms with Crippen LogP contribution in [-0.4, -0.2) is 4.57 Å². The molecule has 0 aromatic carbocycles. The van der Waals surface area contributed by atoms with E-state index in [1.807, 2.05) is 7.05 Å². The van der Waals surface area contributed by atoms with Crippen molar-refractivity contribution in [1.82, 2.24) is 10.7 Å². The normalized spacial score (nSPS) is 7.85. The van der Waals surface area contributed by atoms with E-state index in [0.717, 1.165) is 6.54 Å². The smallest absolute Gasteiger partial charge is 0.243 e. The van der Waals surface area contributed by atoms with Crippen molar-refractivity contribution in [3.63, 3.8) is 0 Å². The number of rotatable bonds is 3. The van der Waals surface area contributed by atoms with E-state index in [1.54, 1.807) is 0 Å². The SMILES string of the molecule is CCCCn1cc[n+](C)c1.Cl.N.[Cl-]. The molecule has 0 atom stereocenters. The van der Waals surface area contributed by atoms with Gasteiger partial charge in [-0.25, -0.2) is 9.13 Å². The summed E-state index contributed by atoms with van der Waals surface area (Å²) in [5, 5.41) is 0. The number of aryl methyl sites for hydroxylation is 2. The lowest BCUT2D eigenvalue weighted by molar-refractivity contribution is -0.671. The monoisotopic (exact) mass is 227 g/mol. The van der Waals surface area contributed by atoms with Gasteiger partial charge in [0, 0.05) is 0 Å². The van der Waals surface area contributed by atoms with Crippen molar-refractivity contribution in [3.05, 3.63) is 18.7 Å². The third-order valence-corrected chi connectivity index (χ3v) is 1.59. The van der Waals surface area contributed by atoms with Crippen LogP contribution < -0.4 is 23.1 Å². The minimum Gasteiger partial charge on any atom is -1.00 e. The molecule has 3 nitrogen and oxygen atoms in total. The van der Waals surface area contributed by atoms with E-state index >= 15 is 0 Å². The number of halogens is 2. The molecule has 0 saturated heterocycles. The highest BCUT2D eigenvalue weighted by Crippen LogP contribution is 1.91. The molecule has 0 radical (unpaired) electrons. The zero-order valence-corrected chi connectivity index (χ0v) is 9.81. The molecule has 0 bridgehead atoms. The molecule has 0 aliphatic heterocycles. The highest BCUT2D eigenvalue weighted by atomic mass is 35.5. The van der Waals surface area contributed by atoms with E-state index in [4.69, 9.17) is 0 Å². The van der Waals surface area contributed by atoms with Gasteiger partial charge in [-0.2, -0.15) is 0 Å². The predicted octanol–water partition coefficient (Wildman–Crippen LogP) is -1.30. The van der Waals surface area contributed by atoms with Gasteiger partial charge < -0.3 is 18.6 Å². The van der Waals surface area contributed by atoms with Crippen LogP contribution in [0.2, 0.25) is 0 Å². The van der Waals surface area contributed by atoms with Crippen molar-refractivity contribution in [3.8, 4) is 0 Å². The Bertz CT molecular complexity index is 201. The van der Waals surface area contributed by atoms with Crippen LogP contribution in [0.25, 0.3) is 0 Å². The Morgan fingerprint density at radius 3 is 2.38 bits per heavy atom. The van der Waals surface area contributed by atoms with Gasteiger partial charge in [0.05, 0.1) is 13.6 Å².